The maximum Gasteiger partial charge on any atom is 0.257 e. The van der Waals surface area contributed by atoms with Gasteiger partial charge < -0.3 is 4.90 Å². The maximum atomic E-state index is 12.7. The van der Waals surface area contributed by atoms with Gasteiger partial charge in [-0.15, -0.1) is 11.3 Å². The molecule has 0 radical (unpaired) electrons. The molecule has 1 aliphatic rings. The van der Waals surface area contributed by atoms with E-state index in [0.717, 1.165) is 32.7 Å². The van der Waals surface area contributed by atoms with E-state index in [1.54, 1.807) is 12.1 Å². The molecule has 0 aliphatic carbocycles. The second-order valence-electron chi connectivity index (χ2n) is 7.72. The lowest BCUT2D eigenvalue weighted by Crippen LogP contribution is -2.48. The summed E-state index contributed by atoms with van der Waals surface area (Å²) in [6, 6.07) is 17.5. The molecule has 6 nitrogen and oxygen atoms in total. The molecular weight excluding hydrogens is 408 g/mol. The number of nitrogens with zero attached hydrogens (tertiary/aromatic N) is 3. The standard InChI is InChI=1S/C24H26N4O2S/c1-18-7-5-6-10-20(18)16-27-11-13-28(14-12-27)22(29)15-21-17-31-24(25-21)26-23(30)19-8-3-2-4-9-19/h2-10,17H,11-16H2,1H3,(H,25,26,30). The molecule has 160 valence electrons. The van der Waals surface area contributed by atoms with Crippen molar-refractivity contribution in [1.82, 2.24) is 14.8 Å². The highest BCUT2D eigenvalue weighted by molar-refractivity contribution is 7.14. The van der Waals surface area contributed by atoms with E-state index in [-0.39, 0.29) is 18.2 Å². The summed E-state index contributed by atoms with van der Waals surface area (Å²) in [5.74, 6) is -0.112. The zero-order chi connectivity index (χ0) is 21.6. The highest BCUT2D eigenvalue weighted by Crippen LogP contribution is 2.18. The zero-order valence-corrected chi connectivity index (χ0v) is 18.4. The Kier molecular flexibility index (Phi) is 6.74. The lowest BCUT2D eigenvalue weighted by Gasteiger charge is -2.35. The van der Waals surface area contributed by atoms with Crippen molar-refractivity contribution in [2.75, 3.05) is 31.5 Å². The summed E-state index contributed by atoms with van der Waals surface area (Å²) in [6.07, 6.45) is 0.259. The maximum absolute atomic E-state index is 12.7. The van der Waals surface area contributed by atoms with Crippen LogP contribution < -0.4 is 5.32 Å². The van der Waals surface area contributed by atoms with E-state index in [2.05, 4.69) is 46.4 Å². The van der Waals surface area contributed by atoms with Crippen molar-refractivity contribution in [1.29, 1.82) is 0 Å². The molecule has 1 aliphatic heterocycles. The van der Waals surface area contributed by atoms with Crippen LogP contribution in [0.2, 0.25) is 0 Å². The molecule has 2 aromatic carbocycles. The summed E-state index contributed by atoms with van der Waals surface area (Å²) in [5.41, 5.74) is 3.93. The molecule has 0 unspecified atom stereocenters. The van der Waals surface area contributed by atoms with E-state index in [1.165, 1.54) is 22.5 Å². The lowest BCUT2D eigenvalue weighted by molar-refractivity contribution is -0.132. The second kappa shape index (κ2) is 9.85. The largest absolute Gasteiger partial charge is 0.340 e. The summed E-state index contributed by atoms with van der Waals surface area (Å²) in [7, 11) is 0. The summed E-state index contributed by atoms with van der Waals surface area (Å²) in [6.45, 7) is 6.26. The predicted octanol–water partition coefficient (Wildman–Crippen LogP) is 3.59. The predicted molar refractivity (Wildman–Crippen MR) is 123 cm³/mol. The van der Waals surface area contributed by atoms with Crippen LogP contribution in [-0.2, 0) is 17.8 Å². The normalized spacial score (nSPS) is 14.4. The quantitative estimate of drug-likeness (QED) is 0.644. The summed E-state index contributed by atoms with van der Waals surface area (Å²) in [4.78, 5) is 33.7. The Morgan fingerprint density at radius 1 is 1.00 bits per heavy atom. The number of carbonyl (C=O) groups is 2. The number of hydrogen-bond acceptors (Lipinski definition) is 5. The third kappa shape index (κ3) is 5.57. The first-order valence-electron chi connectivity index (χ1n) is 10.4. The Bertz CT molecular complexity index is 1040. The molecule has 2 amide bonds. The molecule has 1 aromatic heterocycles. The summed E-state index contributed by atoms with van der Waals surface area (Å²) >= 11 is 1.34. The van der Waals surface area contributed by atoms with Crippen LogP contribution in [0.15, 0.2) is 60.0 Å². The van der Waals surface area contributed by atoms with E-state index in [0.29, 0.717) is 16.4 Å². The van der Waals surface area contributed by atoms with E-state index < -0.39 is 0 Å². The van der Waals surface area contributed by atoms with Crippen LogP contribution in [0.25, 0.3) is 0 Å². The van der Waals surface area contributed by atoms with Crippen LogP contribution in [0.3, 0.4) is 0 Å². The monoisotopic (exact) mass is 434 g/mol. The van der Waals surface area contributed by atoms with E-state index >= 15 is 0 Å². The molecular formula is C24H26N4O2S. The molecule has 1 fully saturated rings. The number of piperazine rings is 1. The van der Waals surface area contributed by atoms with E-state index in [4.69, 9.17) is 0 Å². The number of hydrogen-bond donors (Lipinski definition) is 1. The first-order valence-corrected chi connectivity index (χ1v) is 11.3. The molecule has 0 atom stereocenters. The number of nitrogens with one attached hydrogen (secondary N) is 1. The fourth-order valence-electron chi connectivity index (χ4n) is 3.65. The van der Waals surface area contributed by atoms with Crippen molar-refractivity contribution in [2.45, 2.75) is 19.9 Å². The van der Waals surface area contributed by atoms with E-state index in [1.807, 2.05) is 28.5 Å². The third-order valence-corrected chi connectivity index (χ3v) is 6.33. The molecule has 31 heavy (non-hydrogen) atoms. The second-order valence-corrected chi connectivity index (χ2v) is 8.58. The van der Waals surface area contributed by atoms with E-state index in [9.17, 15) is 9.59 Å². The summed E-state index contributed by atoms with van der Waals surface area (Å²) in [5, 5.41) is 5.16. The Labute approximate surface area is 186 Å². The molecule has 0 spiro atoms. The van der Waals surface area contributed by atoms with Crippen LogP contribution in [-0.4, -0.2) is 52.8 Å². The number of rotatable bonds is 6. The molecule has 0 bridgehead atoms. The number of benzene rings is 2. The first-order chi connectivity index (χ1) is 15.1. The Morgan fingerprint density at radius 2 is 1.71 bits per heavy atom. The van der Waals surface area contributed by atoms with Crippen molar-refractivity contribution < 1.29 is 9.59 Å². The van der Waals surface area contributed by atoms with Crippen molar-refractivity contribution in [2.24, 2.45) is 0 Å². The fourth-order valence-corrected chi connectivity index (χ4v) is 4.36. The molecule has 1 saturated heterocycles. The SMILES string of the molecule is Cc1ccccc1CN1CCN(C(=O)Cc2csc(NC(=O)c3ccccc3)n2)CC1. The highest BCUT2D eigenvalue weighted by atomic mass is 32.1. The average molecular weight is 435 g/mol. The Morgan fingerprint density at radius 3 is 2.45 bits per heavy atom. The number of anilines is 1. The van der Waals surface area contributed by atoms with Crippen LogP contribution in [0.5, 0.6) is 0 Å². The number of aryl methyl sites for hydroxylation is 1. The molecule has 3 aromatic rings. The van der Waals surface area contributed by atoms with Gasteiger partial charge >= 0.3 is 0 Å². The minimum absolute atomic E-state index is 0.0850. The third-order valence-electron chi connectivity index (χ3n) is 5.52. The topological polar surface area (TPSA) is 65.5 Å². The van der Waals surface area contributed by atoms with Crippen LogP contribution in [0, 0.1) is 6.92 Å². The smallest absolute Gasteiger partial charge is 0.257 e. The van der Waals surface area contributed by atoms with Gasteiger partial charge in [-0.25, -0.2) is 4.98 Å². The van der Waals surface area contributed by atoms with Crippen LogP contribution in [0.4, 0.5) is 5.13 Å². The van der Waals surface area contributed by atoms with Gasteiger partial charge in [0.15, 0.2) is 5.13 Å². The van der Waals surface area contributed by atoms with Gasteiger partial charge in [0.1, 0.15) is 0 Å². The number of thiazole rings is 1. The van der Waals surface area contributed by atoms with Gasteiger partial charge in [0.05, 0.1) is 12.1 Å². The van der Waals surface area contributed by atoms with Crippen molar-refractivity contribution >= 4 is 28.3 Å². The van der Waals surface area contributed by atoms with Crippen molar-refractivity contribution in [3.63, 3.8) is 0 Å². The van der Waals surface area contributed by atoms with Crippen molar-refractivity contribution in [3.8, 4) is 0 Å². The number of carbonyl (C=O) groups excluding carboxylic acids is 2. The minimum Gasteiger partial charge on any atom is -0.340 e. The van der Waals surface area contributed by atoms with Gasteiger partial charge in [0, 0.05) is 43.7 Å². The van der Waals surface area contributed by atoms with Gasteiger partial charge in [-0.2, -0.15) is 0 Å². The lowest BCUT2D eigenvalue weighted by atomic mass is 10.1. The molecule has 1 N–H and O–H groups in total. The van der Waals surface area contributed by atoms with Gasteiger partial charge in [0.25, 0.3) is 5.91 Å². The number of aromatic nitrogens is 1. The average Bonchev–Trinajstić information content (AvgIpc) is 3.23. The Hall–Kier alpha value is -3.03. The molecule has 0 saturated carbocycles. The van der Waals surface area contributed by atoms with Gasteiger partial charge in [-0.05, 0) is 30.2 Å². The Balaban J connectivity index is 1.26. The molecule has 4 rings (SSSR count). The highest BCUT2D eigenvalue weighted by Gasteiger charge is 2.22. The molecule has 7 heteroatoms. The van der Waals surface area contributed by atoms with Gasteiger partial charge in [-0.3, -0.25) is 19.8 Å². The van der Waals surface area contributed by atoms with Crippen molar-refractivity contribution in [3.05, 3.63) is 82.4 Å². The van der Waals surface area contributed by atoms with Crippen LogP contribution >= 0.6 is 11.3 Å². The summed E-state index contributed by atoms with van der Waals surface area (Å²) < 4.78 is 0. The fraction of sp³-hybridized carbons (Fsp3) is 0.292. The van der Waals surface area contributed by atoms with Crippen LogP contribution in [0.1, 0.15) is 27.2 Å². The molecule has 2 heterocycles. The zero-order valence-electron chi connectivity index (χ0n) is 17.6. The number of amides is 2. The first kappa shape index (κ1) is 21.2. The van der Waals surface area contributed by atoms with Gasteiger partial charge in [-0.1, -0.05) is 42.5 Å². The minimum atomic E-state index is -0.197. The van der Waals surface area contributed by atoms with Gasteiger partial charge in [0.2, 0.25) is 5.91 Å².